The SMILES string of the molecule is COC(=O)c1ccc(CNCCc2cnn(C)c2)[nH]1. The largest absolute Gasteiger partial charge is 0.464 e. The van der Waals surface area contributed by atoms with Crippen LogP contribution in [0.4, 0.5) is 0 Å². The van der Waals surface area contributed by atoms with Crippen molar-refractivity contribution in [3.8, 4) is 0 Å². The molecule has 0 aliphatic carbocycles. The van der Waals surface area contributed by atoms with E-state index < -0.39 is 0 Å². The van der Waals surface area contributed by atoms with Gasteiger partial charge in [0.1, 0.15) is 5.69 Å². The summed E-state index contributed by atoms with van der Waals surface area (Å²) in [6, 6.07) is 3.60. The lowest BCUT2D eigenvalue weighted by atomic mass is 10.2. The van der Waals surface area contributed by atoms with Gasteiger partial charge in [0.2, 0.25) is 0 Å². The fourth-order valence-corrected chi connectivity index (χ4v) is 1.83. The van der Waals surface area contributed by atoms with Crippen LogP contribution in [0, 0.1) is 0 Å². The monoisotopic (exact) mass is 262 g/mol. The quantitative estimate of drug-likeness (QED) is 0.598. The number of carbonyl (C=O) groups excluding carboxylic acids is 1. The molecule has 102 valence electrons. The molecular formula is C13H18N4O2. The van der Waals surface area contributed by atoms with E-state index >= 15 is 0 Å². The first-order valence-electron chi connectivity index (χ1n) is 6.13. The number of ether oxygens (including phenoxy) is 1. The highest BCUT2D eigenvalue weighted by Crippen LogP contribution is 2.03. The van der Waals surface area contributed by atoms with E-state index in [4.69, 9.17) is 0 Å². The topological polar surface area (TPSA) is 71.9 Å². The van der Waals surface area contributed by atoms with Crippen LogP contribution in [0.25, 0.3) is 0 Å². The third-order valence-corrected chi connectivity index (χ3v) is 2.82. The van der Waals surface area contributed by atoms with Crippen molar-refractivity contribution in [1.82, 2.24) is 20.1 Å². The number of nitrogens with zero attached hydrogens (tertiary/aromatic N) is 2. The van der Waals surface area contributed by atoms with Gasteiger partial charge in [-0.3, -0.25) is 4.68 Å². The molecule has 0 amide bonds. The standard InChI is InChI=1S/C13H18N4O2/c1-17-9-10(7-15-17)5-6-14-8-11-3-4-12(16-11)13(18)19-2/h3-4,7,9,14,16H,5-6,8H2,1-2H3. The van der Waals surface area contributed by atoms with Crippen LogP contribution in [0.2, 0.25) is 0 Å². The number of aromatic amines is 1. The summed E-state index contributed by atoms with van der Waals surface area (Å²) in [4.78, 5) is 14.3. The van der Waals surface area contributed by atoms with E-state index in [1.165, 1.54) is 12.7 Å². The Labute approximate surface area is 111 Å². The van der Waals surface area contributed by atoms with Crippen LogP contribution in [0.15, 0.2) is 24.5 Å². The minimum absolute atomic E-state index is 0.346. The minimum atomic E-state index is -0.346. The van der Waals surface area contributed by atoms with Crippen LogP contribution >= 0.6 is 0 Å². The zero-order valence-corrected chi connectivity index (χ0v) is 11.1. The van der Waals surface area contributed by atoms with Gasteiger partial charge < -0.3 is 15.0 Å². The van der Waals surface area contributed by atoms with Crippen LogP contribution in [0.5, 0.6) is 0 Å². The van der Waals surface area contributed by atoms with Crippen LogP contribution in [0.3, 0.4) is 0 Å². The van der Waals surface area contributed by atoms with Crippen molar-refractivity contribution in [2.75, 3.05) is 13.7 Å². The summed E-state index contributed by atoms with van der Waals surface area (Å²) in [6.07, 6.45) is 4.80. The van der Waals surface area contributed by atoms with E-state index in [9.17, 15) is 4.79 Å². The van der Waals surface area contributed by atoms with Gasteiger partial charge in [0.25, 0.3) is 0 Å². The van der Waals surface area contributed by atoms with Gasteiger partial charge in [0, 0.05) is 25.5 Å². The second-order valence-electron chi connectivity index (χ2n) is 4.34. The molecule has 0 atom stereocenters. The average Bonchev–Trinajstić information content (AvgIpc) is 3.03. The number of aryl methyl sites for hydroxylation is 1. The van der Waals surface area contributed by atoms with E-state index in [0.29, 0.717) is 12.2 Å². The lowest BCUT2D eigenvalue weighted by Gasteiger charge is -2.02. The smallest absolute Gasteiger partial charge is 0.354 e. The second kappa shape index (κ2) is 6.19. The summed E-state index contributed by atoms with van der Waals surface area (Å²) in [7, 11) is 3.28. The molecule has 0 aliphatic heterocycles. The average molecular weight is 262 g/mol. The number of H-pyrrole nitrogens is 1. The molecule has 0 unspecified atom stereocenters. The number of esters is 1. The highest BCUT2D eigenvalue weighted by atomic mass is 16.5. The Kier molecular flexibility index (Phi) is 4.35. The van der Waals surface area contributed by atoms with Crippen molar-refractivity contribution < 1.29 is 9.53 Å². The van der Waals surface area contributed by atoms with Gasteiger partial charge in [0.05, 0.1) is 13.3 Å². The van der Waals surface area contributed by atoms with Gasteiger partial charge in [0.15, 0.2) is 0 Å². The Morgan fingerprint density at radius 1 is 1.53 bits per heavy atom. The minimum Gasteiger partial charge on any atom is -0.464 e. The summed E-state index contributed by atoms with van der Waals surface area (Å²) in [5.74, 6) is -0.346. The number of hydrogen-bond donors (Lipinski definition) is 2. The van der Waals surface area contributed by atoms with E-state index in [0.717, 1.165) is 18.7 Å². The molecule has 0 aromatic carbocycles. The van der Waals surface area contributed by atoms with E-state index in [1.807, 2.05) is 25.5 Å². The maximum absolute atomic E-state index is 11.3. The summed E-state index contributed by atoms with van der Waals surface area (Å²) < 4.78 is 6.43. The van der Waals surface area contributed by atoms with E-state index in [2.05, 4.69) is 20.1 Å². The number of rotatable bonds is 6. The van der Waals surface area contributed by atoms with Crippen molar-refractivity contribution in [2.45, 2.75) is 13.0 Å². The molecule has 2 N–H and O–H groups in total. The number of carbonyl (C=O) groups is 1. The Balaban J connectivity index is 1.73. The molecule has 0 saturated heterocycles. The summed E-state index contributed by atoms with van der Waals surface area (Å²) in [6.45, 7) is 1.55. The van der Waals surface area contributed by atoms with Crippen molar-refractivity contribution in [1.29, 1.82) is 0 Å². The van der Waals surface area contributed by atoms with Crippen molar-refractivity contribution in [3.63, 3.8) is 0 Å². The molecule has 2 rings (SSSR count). The van der Waals surface area contributed by atoms with Crippen LogP contribution in [-0.4, -0.2) is 34.4 Å². The summed E-state index contributed by atoms with van der Waals surface area (Å²) >= 11 is 0. The molecule has 2 aromatic heterocycles. The Morgan fingerprint density at radius 3 is 3.05 bits per heavy atom. The normalized spacial score (nSPS) is 10.6. The van der Waals surface area contributed by atoms with Gasteiger partial charge in [-0.25, -0.2) is 4.79 Å². The molecular weight excluding hydrogens is 244 g/mol. The Bertz CT molecular complexity index is 544. The highest BCUT2D eigenvalue weighted by molar-refractivity contribution is 5.87. The summed E-state index contributed by atoms with van der Waals surface area (Å²) in [5, 5.41) is 7.43. The molecule has 19 heavy (non-hydrogen) atoms. The van der Waals surface area contributed by atoms with Crippen molar-refractivity contribution in [2.24, 2.45) is 7.05 Å². The van der Waals surface area contributed by atoms with Crippen molar-refractivity contribution >= 4 is 5.97 Å². The lowest BCUT2D eigenvalue weighted by Crippen LogP contribution is -2.17. The van der Waals surface area contributed by atoms with Gasteiger partial charge in [-0.15, -0.1) is 0 Å². The first-order valence-corrected chi connectivity index (χ1v) is 6.13. The molecule has 0 bridgehead atoms. The second-order valence-corrected chi connectivity index (χ2v) is 4.34. The molecule has 0 aliphatic rings. The van der Waals surface area contributed by atoms with E-state index in [1.54, 1.807) is 10.7 Å². The molecule has 0 spiro atoms. The maximum Gasteiger partial charge on any atom is 0.354 e. The maximum atomic E-state index is 11.3. The fourth-order valence-electron chi connectivity index (χ4n) is 1.83. The fraction of sp³-hybridized carbons (Fsp3) is 0.385. The Morgan fingerprint density at radius 2 is 2.37 bits per heavy atom. The number of nitrogens with one attached hydrogen (secondary N) is 2. The predicted molar refractivity (Wildman–Crippen MR) is 70.8 cm³/mol. The third-order valence-electron chi connectivity index (χ3n) is 2.82. The first kappa shape index (κ1) is 13.4. The lowest BCUT2D eigenvalue weighted by molar-refractivity contribution is 0.0594. The number of aromatic nitrogens is 3. The number of hydrogen-bond acceptors (Lipinski definition) is 4. The number of methoxy groups -OCH3 is 1. The van der Waals surface area contributed by atoms with E-state index in [-0.39, 0.29) is 5.97 Å². The van der Waals surface area contributed by atoms with Gasteiger partial charge in [-0.05, 0) is 30.7 Å². The summed E-state index contributed by atoms with van der Waals surface area (Å²) in [5.41, 5.74) is 2.65. The molecule has 2 aromatic rings. The predicted octanol–water partition coefficient (Wildman–Crippen LogP) is 0.867. The molecule has 2 heterocycles. The molecule has 0 fully saturated rings. The highest BCUT2D eigenvalue weighted by Gasteiger charge is 2.07. The molecule has 0 radical (unpaired) electrons. The third kappa shape index (κ3) is 3.69. The first-order chi connectivity index (χ1) is 9.19. The van der Waals surface area contributed by atoms with Gasteiger partial charge in [-0.1, -0.05) is 0 Å². The van der Waals surface area contributed by atoms with Gasteiger partial charge in [-0.2, -0.15) is 5.10 Å². The van der Waals surface area contributed by atoms with Gasteiger partial charge >= 0.3 is 5.97 Å². The Hall–Kier alpha value is -2.08. The van der Waals surface area contributed by atoms with Crippen LogP contribution in [-0.2, 0) is 24.8 Å². The van der Waals surface area contributed by atoms with Crippen LogP contribution in [0.1, 0.15) is 21.7 Å². The molecule has 6 nitrogen and oxygen atoms in total. The van der Waals surface area contributed by atoms with Crippen molar-refractivity contribution in [3.05, 3.63) is 41.5 Å². The zero-order chi connectivity index (χ0) is 13.7. The molecule has 0 saturated carbocycles. The molecule has 6 heteroatoms. The zero-order valence-electron chi connectivity index (χ0n) is 11.1. The van der Waals surface area contributed by atoms with Crippen LogP contribution < -0.4 is 5.32 Å².